The summed E-state index contributed by atoms with van der Waals surface area (Å²) in [5.74, 6) is -4.73. The third-order valence-electron chi connectivity index (χ3n) is 5.00. The van der Waals surface area contributed by atoms with Crippen LogP contribution in [0.4, 0.5) is 32.3 Å². The molecule has 2 aromatic rings. The van der Waals surface area contributed by atoms with Gasteiger partial charge in [-0.2, -0.15) is 26.3 Å². The van der Waals surface area contributed by atoms with Crippen LogP contribution in [0.15, 0.2) is 42.9 Å². The van der Waals surface area contributed by atoms with Gasteiger partial charge in [0, 0.05) is 25.1 Å². The lowest BCUT2D eigenvalue weighted by Gasteiger charge is -2.38. The molecule has 37 heavy (non-hydrogen) atoms. The number of carboxylic acids is 2. The Kier molecular flexibility index (Phi) is 10.5. The topological polar surface area (TPSA) is 135 Å². The molecule has 0 bridgehead atoms. The number of carboxylic acid groups (broad SMARTS) is 2. The number of hydrogen-bond donors (Lipinski definition) is 2. The van der Waals surface area contributed by atoms with E-state index in [9.17, 15) is 26.3 Å². The van der Waals surface area contributed by atoms with Gasteiger partial charge in [-0.25, -0.2) is 19.6 Å². The molecule has 4 rings (SSSR count). The van der Waals surface area contributed by atoms with Gasteiger partial charge in [0.2, 0.25) is 5.95 Å². The molecule has 2 fully saturated rings. The summed E-state index contributed by atoms with van der Waals surface area (Å²) in [6.45, 7) is 2.04. The number of pyridine rings is 1. The fraction of sp³-hybridized carbons (Fsp3) is 0.476. The Morgan fingerprint density at radius 3 is 2.03 bits per heavy atom. The van der Waals surface area contributed by atoms with Crippen LogP contribution in [-0.4, -0.2) is 80.9 Å². The molecule has 0 aromatic carbocycles. The molecule has 0 amide bonds. The molecule has 3 atom stereocenters. The van der Waals surface area contributed by atoms with Gasteiger partial charge in [0.25, 0.3) is 0 Å². The summed E-state index contributed by atoms with van der Waals surface area (Å²) < 4.78 is 75.6. The zero-order chi connectivity index (χ0) is 27.6. The number of aromatic nitrogens is 3. The van der Waals surface area contributed by atoms with Crippen molar-refractivity contribution in [3.05, 3.63) is 48.5 Å². The number of anilines is 1. The molecule has 204 valence electrons. The van der Waals surface area contributed by atoms with Crippen molar-refractivity contribution in [2.45, 2.75) is 50.1 Å². The number of nitrogens with zero attached hydrogens (tertiary/aromatic N) is 4. The zero-order valence-corrected chi connectivity index (χ0v) is 18.9. The molecular weight excluding hydrogens is 518 g/mol. The molecule has 0 radical (unpaired) electrons. The van der Waals surface area contributed by atoms with Crippen LogP contribution in [0.1, 0.15) is 18.5 Å². The molecule has 0 spiro atoms. The molecule has 1 aliphatic carbocycles. The molecule has 2 N–H and O–H groups in total. The predicted octanol–water partition coefficient (Wildman–Crippen LogP) is 3.09. The summed E-state index contributed by atoms with van der Waals surface area (Å²) in [4.78, 5) is 33.1. The average molecular weight is 540 g/mol. The lowest BCUT2D eigenvalue weighted by Crippen LogP contribution is -2.52. The number of carbonyl (C=O) groups is 2. The minimum atomic E-state index is -5.08. The van der Waals surface area contributed by atoms with Crippen molar-refractivity contribution < 1.29 is 55.6 Å². The van der Waals surface area contributed by atoms with E-state index in [1.54, 1.807) is 18.6 Å². The summed E-state index contributed by atoms with van der Waals surface area (Å²) in [5.41, 5.74) is 0.954. The second kappa shape index (κ2) is 13.1. The third-order valence-corrected chi connectivity index (χ3v) is 5.00. The Balaban J connectivity index is 0.000000286. The van der Waals surface area contributed by atoms with Gasteiger partial charge in [-0.3, -0.25) is 4.98 Å². The summed E-state index contributed by atoms with van der Waals surface area (Å²) in [6, 6.07) is 8.01. The number of rotatable bonds is 4. The highest BCUT2D eigenvalue weighted by Crippen LogP contribution is 2.34. The lowest BCUT2D eigenvalue weighted by molar-refractivity contribution is -0.193. The van der Waals surface area contributed by atoms with Crippen LogP contribution < -0.4 is 4.90 Å². The van der Waals surface area contributed by atoms with Gasteiger partial charge >= 0.3 is 24.3 Å². The van der Waals surface area contributed by atoms with Gasteiger partial charge in [-0.05, 0) is 31.0 Å². The molecule has 1 saturated carbocycles. The van der Waals surface area contributed by atoms with E-state index in [2.05, 4.69) is 19.9 Å². The number of hydrogen-bond acceptors (Lipinski definition) is 8. The first kappa shape index (κ1) is 29.7. The highest BCUT2D eigenvalue weighted by atomic mass is 19.4. The first-order valence-corrected chi connectivity index (χ1v) is 10.6. The van der Waals surface area contributed by atoms with Gasteiger partial charge in [-0.1, -0.05) is 6.07 Å². The smallest absolute Gasteiger partial charge is 0.475 e. The standard InChI is InChI=1S/C17H20N4O2.2C2HF3O2/c1-2-7-18-13(4-1)12-23-15-6-5-14-16(15)22-11-10-21(14)17-19-8-3-9-20-17;2*3-2(4,5)1(6)7/h1-4,7-9,14-16H,5-6,10-12H2;2*(H,6,7)/t14-,15+,16+;;/m0../s1. The van der Waals surface area contributed by atoms with E-state index < -0.39 is 24.3 Å². The molecule has 3 heterocycles. The third kappa shape index (κ3) is 9.45. The van der Waals surface area contributed by atoms with E-state index in [0.29, 0.717) is 19.3 Å². The van der Waals surface area contributed by atoms with Gasteiger partial charge in [-0.15, -0.1) is 0 Å². The number of fused-ring (bicyclic) bond motifs is 1. The number of ether oxygens (including phenoxy) is 2. The van der Waals surface area contributed by atoms with Gasteiger partial charge in [0.15, 0.2) is 0 Å². The van der Waals surface area contributed by atoms with Crippen LogP contribution in [0, 0.1) is 0 Å². The number of aliphatic carboxylic acids is 2. The molecule has 2 aliphatic rings. The summed E-state index contributed by atoms with van der Waals surface area (Å²) in [6.07, 6.45) is -2.58. The highest BCUT2D eigenvalue weighted by molar-refractivity contribution is 5.73. The monoisotopic (exact) mass is 540 g/mol. The van der Waals surface area contributed by atoms with Crippen molar-refractivity contribution in [3.63, 3.8) is 0 Å². The number of alkyl halides is 6. The first-order valence-electron chi connectivity index (χ1n) is 10.6. The van der Waals surface area contributed by atoms with E-state index in [1.807, 2.05) is 24.3 Å². The Morgan fingerprint density at radius 1 is 0.946 bits per heavy atom. The fourth-order valence-corrected chi connectivity index (χ4v) is 3.46. The second-order valence-electron chi connectivity index (χ2n) is 7.50. The van der Waals surface area contributed by atoms with Crippen molar-refractivity contribution in [2.75, 3.05) is 18.1 Å². The van der Waals surface area contributed by atoms with Crippen molar-refractivity contribution >= 4 is 17.9 Å². The van der Waals surface area contributed by atoms with Crippen LogP contribution in [0.5, 0.6) is 0 Å². The van der Waals surface area contributed by atoms with Gasteiger partial charge < -0.3 is 24.6 Å². The van der Waals surface area contributed by atoms with Crippen LogP contribution in [0.2, 0.25) is 0 Å². The van der Waals surface area contributed by atoms with E-state index in [4.69, 9.17) is 29.3 Å². The Morgan fingerprint density at radius 2 is 1.51 bits per heavy atom. The van der Waals surface area contributed by atoms with E-state index in [0.717, 1.165) is 31.0 Å². The lowest BCUT2D eigenvalue weighted by atomic mass is 10.1. The van der Waals surface area contributed by atoms with Crippen LogP contribution >= 0.6 is 0 Å². The molecular formula is C21H22F6N4O6. The van der Waals surface area contributed by atoms with Crippen molar-refractivity contribution in [2.24, 2.45) is 0 Å². The average Bonchev–Trinajstić information content (AvgIpc) is 3.27. The van der Waals surface area contributed by atoms with Crippen LogP contribution in [0.25, 0.3) is 0 Å². The van der Waals surface area contributed by atoms with Crippen LogP contribution in [0.3, 0.4) is 0 Å². The molecule has 1 aliphatic heterocycles. The Labute approximate surface area is 205 Å². The van der Waals surface area contributed by atoms with E-state index >= 15 is 0 Å². The number of morpholine rings is 1. The zero-order valence-electron chi connectivity index (χ0n) is 18.9. The Bertz CT molecular complexity index is 973. The second-order valence-corrected chi connectivity index (χ2v) is 7.50. The summed E-state index contributed by atoms with van der Waals surface area (Å²) in [5, 5.41) is 14.2. The summed E-state index contributed by atoms with van der Waals surface area (Å²) in [7, 11) is 0. The highest BCUT2D eigenvalue weighted by Gasteiger charge is 2.44. The van der Waals surface area contributed by atoms with E-state index in [-0.39, 0.29) is 12.2 Å². The maximum Gasteiger partial charge on any atom is 0.490 e. The maximum absolute atomic E-state index is 10.6. The largest absolute Gasteiger partial charge is 0.490 e. The van der Waals surface area contributed by atoms with E-state index in [1.165, 1.54) is 0 Å². The van der Waals surface area contributed by atoms with Crippen LogP contribution in [-0.2, 0) is 25.7 Å². The predicted molar refractivity (Wildman–Crippen MR) is 112 cm³/mol. The molecule has 1 saturated heterocycles. The van der Waals surface area contributed by atoms with Crippen molar-refractivity contribution in [1.82, 2.24) is 15.0 Å². The fourth-order valence-electron chi connectivity index (χ4n) is 3.46. The number of halogens is 6. The minimum Gasteiger partial charge on any atom is -0.475 e. The summed E-state index contributed by atoms with van der Waals surface area (Å²) >= 11 is 0. The van der Waals surface area contributed by atoms with Gasteiger partial charge in [0.1, 0.15) is 6.10 Å². The first-order chi connectivity index (χ1) is 17.3. The SMILES string of the molecule is O=C(O)C(F)(F)F.O=C(O)C(F)(F)F.c1ccc(CO[C@@H]2CC[C@H]3[C@H]2OCCN3c2ncccn2)nc1. The molecule has 2 aromatic heterocycles. The Hall–Kier alpha value is -3.53. The quantitative estimate of drug-likeness (QED) is 0.557. The maximum atomic E-state index is 10.6. The molecule has 16 heteroatoms. The van der Waals surface area contributed by atoms with Crippen molar-refractivity contribution in [1.29, 1.82) is 0 Å². The molecule has 0 unspecified atom stereocenters. The van der Waals surface area contributed by atoms with Gasteiger partial charge in [0.05, 0.1) is 31.1 Å². The van der Waals surface area contributed by atoms with Crippen molar-refractivity contribution in [3.8, 4) is 0 Å². The minimum absolute atomic E-state index is 0.0799. The normalized spacial score (nSPS) is 21.0. The molecule has 10 nitrogen and oxygen atoms in total.